The smallest absolute Gasteiger partial charge is 0.152 e. The lowest BCUT2D eigenvalue weighted by Gasteiger charge is -2.33. The average molecular weight is 674 g/mol. The Morgan fingerprint density at radius 2 is 0.750 bits per heavy atom. The Bertz CT molecular complexity index is 2420. The highest BCUT2D eigenvalue weighted by molar-refractivity contribution is 6.53. The zero-order chi connectivity index (χ0) is 35.0. The number of para-hydroxylation sites is 8. The number of hydrogen-bond donors (Lipinski definition) is 2. The summed E-state index contributed by atoms with van der Waals surface area (Å²) in [6.45, 7) is 0. The van der Waals surface area contributed by atoms with E-state index >= 15 is 0 Å². The number of fused-ring (bicyclic) bond motifs is 4. The minimum absolute atomic E-state index is 0.0820. The highest BCUT2D eigenvalue weighted by Gasteiger charge is 2.27. The van der Waals surface area contributed by atoms with E-state index < -0.39 is 0 Å². The summed E-state index contributed by atoms with van der Waals surface area (Å²) < 4.78 is 12.4. The van der Waals surface area contributed by atoms with Crippen LogP contribution in [0.25, 0.3) is 0 Å². The quantitative estimate of drug-likeness (QED) is 0.136. The van der Waals surface area contributed by atoms with Gasteiger partial charge in [-0.25, -0.2) is 4.99 Å². The fourth-order valence-electron chi connectivity index (χ4n) is 6.69. The Labute approximate surface area is 301 Å². The number of nitrogens with zero attached hydrogens (tertiary/aromatic N) is 3. The second-order valence-electron chi connectivity index (χ2n) is 12.4. The molecule has 0 saturated carbocycles. The van der Waals surface area contributed by atoms with Crippen molar-refractivity contribution in [1.82, 2.24) is 0 Å². The fourth-order valence-corrected chi connectivity index (χ4v) is 6.69. The van der Waals surface area contributed by atoms with Gasteiger partial charge in [-0.05, 0) is 72.8 Å². The first-order valence-corrected chi connectivity index (χ1v) is 17.0. The Balaban J connectivity index is 1.09. The van der Waals surface area contributed by atoms with E-state index in [9.17, 15) is 5.41 Å². The lowest BCUT2D eigenvalue weighted by molar-refractivity contribution is 0.477. The third-order valence-corrected chi connectivity index (χ3v) is 9.19. The molecule has 2 aliphatic rings. The van der Waals surface area contributed by atoms with Crippen LogP contribution >= 0.6 is 0 Å². The summed E-state index contributed by atoms with van der Waals surface area (Å²) in [4.78, 5) is 9.14. The molecule has 0 aromatic heterocycles. The van der Waals surface area contributed by atoms with Gasteiger partial charge in [0.1, 0.15) is 0 Å². The van der Waals surface area contributed by atoms with Crippen LogP contribution in [-0.2, 0) is 0 Å². The largest absolute Gasteiger partial charge is 0.453 e. The second kappa shape index (κ2) is 12.9. The molecule has 0 amide bonds. The van der Waals surface area contributed by atoms with Crippen LogP contribution in [0.1, 0.15) is 16.7 Å². The van der Waals surface area contributed by atoms with Crippen LogP contribution in [0.4, 0.5) is 34.1 Å². The molecule has 7 aromatic rings. The lowest BCUT2D eigenvalue weighted by Crippen LogP contribution is -2.19. The highest BCUT2D eigenvalue weighted by atomic mass is 16.5. The molecule has 7 nitrogen and oxygen atoms in total. The molecule has 7 aromatic carbocycles. The molecule has 52 heavy (non-hydrogen) atoms. The van der Waals surface area contributed by atoms with Crippen LogP contribution in [0.15, 0.2) is 181 Å². The van der Waals surface area contributed by atoms with E-state index in [1.807, 2.05) is 176 Å². The van der Waals surface area contributed by atoms with Crippen LogP contribution in [-0.4, -0.2) is 17.3 Å². The summed E-state index contributed by atoms with van der Waals surface area (Å²) in [5, 5.41) is 18.4. The van der Waals surface area contributed by atoms with Gasteiger partial charge in [0.05, 0.1) is 34.2 Å². The molecule has 2 heterocycles. The Morgan fingerprint density at radius 3 is 1.17 bits per heavy atom. The van der Waals surface area contributed by atoms with E-state index in [-0.39, 0.29) is 11.5 Å². The van der Waals surface area contributed by atoms with Gasteiger partial charge in [-0.1, -0.05) is 103 Å². The molecule has 0 atom stereocenters. The molecule has 0 aliphatic carbocycles. The summed E-state index contributed by atoms with van der Waals surface area (Å²) in [5.41, 5.74) is 8.31. The molecule has 2 N–H and O–H groups in total. The molecule has 0 unspecified atom stereocenters. The maximum Gasteiger partial charge on any atom is 0.152 e. The molecule has 2 aliphatic heterocycles. The summed E-state index contributed by atoms with van der Waals surface area (Å²) in [6.07, 6.45) is 0. The number of rotatable bonds is 6. The number of benzene rings is 7. The first-order valence-electron chi connectivity index (χ1n) is 17.0. The van der Waals surface area contributed by atoms with Gasteiger partial charge in [0.25, 0.3) is 0 Å². The van der Waals surface area contributed by atoms with Gasteiger partial charge in [0.15, 0.2) is 28.8 Å². The Kier molecular flexibility index (Phi) is 7.63. The highest BCUT2D eigenvalue weighted by Crippen LogP contribution is 2.51. The third kappa shape index (κ3) is 5.47. The number of hydrogen-bond acceptors (Lipinski definition) is 6. The minimum atomic E-state index is 0.0820. The second-order valence-corrected chi connectivity index (χ2v) is 12.4. The monoisotopic (exact) mass is 673 g/mol. The van der Waals surface area contributed by atoms with E-state index in [0.29, 0.717) is 16.8 Å². The Hall–Kier alpha value is -7.25. The lowest BCUT2D eigenvalue weighted by atomic mass is 9.98. The predicted molar refractivity (Wildman–Crippen MR) is 209 cm³/mol. The zero-order valence-electron chi connectivity index (χ0n) is 27.9. The number of aliphatic imine (C=N–C) groups is 1. The van der Waals surface area contributed by atoms with Crippen molar-refractivity contribution >= 4 is 51.4 Å². The topological polar surface area (TPSA) is 85.0 Å². The number of nitrogens with one attached hydrogen (secondary N) is 2. The number of ether oxygens (including phenoxy) is 2. The molecule has 0 saturated heterocycles. The van der Waals surface area contributed by atoms with Crippen LogP contribution in [0.2, 0.25) is 0 Å². The predicted octanol–water partition coefficient (Wildman–Crippen LogP) is 11.7. The van der Waals surface area contributed by atoms with Crippen LogP contribution in [0.3, 0.4) is 0 Å². The standard InChI is InChI=1S/C45H31N5O2/c46-43(30-22-26-33(27-23-30)49-35-14-4-8-18-39(35)51-40-19-9-5-15-36(40)49)44(48-45(47)32-12-2-1-3-13-32)31-24-28-34(29-25-31)50-37-16-6-10-20-41(37)52-42-21-11-7-17-38(42)50/h1-29,46-47H. The van der Waals surface area contributed by atoms with Crippen molar-refractivity contribution in [2.75, 3.05) is 9.80 Å². The molecular formula is C45H31N5O2. The van der Waals surface area contributed by atoms with Gasteiger partial charge in [0, 0.05) is 28.1 Å². The molecule has 0 fully saturated rings. The summed E-state index contributed by atoms with van der Waals surface area (Å²) in [5.74, 6) is 3.19. The third-order valence-electron chi connectivity index (χ3n) is 9.19. The molecule has 9 rings (SSSR count). The first-order chi connectivity index (χ1) is 25.6. The summed E-state index contributed by atoms with van der Waals surface area (Å²) in [7, 11) is 0. The van der Waals surface area contributed by atoms with E-state index in [1.165, 1.54) is 0 Å². The molecule has 7 heteroatoms. The molecule has 248 valence electrons. The van der Waals surface area contributed by atoms with Crippen molar-refractivity contribution in [3.63, 3.8) is 0 Å². The van der Waals surface area contributed by atoms with Crippen molar-refractivity contribution in [3.8, 4) is 23.0 Å². The zero-order valence-corrected chi connectivity index (χ0v) is 27.9. The first kappa shape index (κ1) is 30.8. The molecule has 0 radical (unpaired) electrons. The van der Waals surface area contributed by atoms with E-state index in [1.54, 1.807) is 0 Å². The van der Waals surface area contributed by atoms with E-state index in [4.69, 9.17) is 19.9 Å². The minimum Gasteiger partial charge on any atom is -0.453 e. The van der Waals surface area contributed by atoms with E-state index in [2.05, 4.69) is 9.80 Å². The average Bonchev–Trinajstić information content (AvgIpc) is 3.21. The van der Waals surface area contributed by atoms with Crippen LogP contribution in [0.5, 0.6) is 23.0 Å². The van der Waals surface area contributed by atoms with Crippen molar-refractivity contribution in [2.45, 2.75) is 0 Å². The normalized spacial score (nSPS) is 12.7. The van der Waals surface area contributed by atoms with Crippen molar-refractivity contribution < 1.29 is 9.47 Å². The van der Waals surface area contributed by atoms with Crippen molar-refractivity contribution in [3.05, 3.63) is 193 Å². The van der Waals surface area contributed by atoms with Gasteiger partial charge >= 0.3 is 0 Å². The van der Waals surface area contributed by atoms with E-state index in [0.717, 1.165) is 62.7 Å². The summed E-state index contributed by atoms with van der Waals surface area (Å²) in [6, 6.07) is 57.2. The van der Waals surface area contributed by atoms with Gasteiger partial charge in [-0.3, -0.25) is 10.8 Å². The molecule has 0 bridgehead atoms. The SMILES string of the molecule is N=C(N=C(C(=N)c1ccc(N2c3ccccc3Oc3ccccc32)cc1)c1ccc(N2c3ccccc3Oc3ccccc32)cc1)c1ccccc1. The van der Waals surface area contributed by atoms with Gasteiger partial charge in [-0.2, -0.15) is 0 Å². The molecular weight excluding hydrogens is 643 g/mol. The van der Waals surface area contributed by atoms with Crippen LogP contribution in [0, 0.1) is 10.8 Å². The maximum atomic E-state index is 9.48. The van der Waals surface area contributed by atoms with Gasteiger partial charge in [0.2, 0.25) is 0 Å². The Morgan fingerprint density at radius 1 is 0.385 bits per heavy atom. The van der Waals surface area contributed by atoms with Crippen molar-refractivity contribution in [2.24, 2.45) is 4.99 Å². The number of amidine groups is 1. The maximum absolute atomic E-state index is 9.48. The summed E-state index contributed by atoms with van der Waals surface area (Å²) >= 11 is 0. The van der Waals surface area contributed by atoms with Gasteiger partial charge < -0.3 is 19.3 Å². The molecule has 0 spiro atoms. The number of anilines is 6. The van der Waals surface area contributed by atoms with Crippen LogP contribution < -0.4 is 19.3 Å². The fraction of sp³-hybridized carbons (Fsp3) is 0. The van der Waals surface area contributed by atoms with Crippen molar-refractivity contribution in [1.29, 1.82) is 10.8 Å². The van der Waals surface area contributed by atoms with Gasteiger partial charge in [-0.15, -0.1) is 0 Å².